The van der Waals surface area contributed by atoms with Crippen molar-refractivity contribution < 1.29 is 9.47 Å². The molecule has 4 heteroatoms. The minimum atomic E-state index is 0. The van der Waals surface area contributed by atoms with E-state index in [1.54, 1.807) is 7.11 Å². The lowest BCUT2D eigenvalue weighted by atomic mass is 10.0. The molecular weight excluding hydrogens is 250 g/mol. The van der Waals surface area contributed by atoms with Crippen LogP contribution < -0.4 is 15.2 Å². The molecule has 1 aromatic carbocycles. The molecule has 18 heavy (non-hydrogen) atoms. The predicted octanol–water partition coefficient (Wildman–Crippen LogP) is 3.71. The molecule has 0 fully saturated rings. The van der Waals surface area contributed by atoms with Crippen molar-refractivity contribution in [2.75, 3.05) is 13.7 Å². The molecule has 1 aromatic rings. The van der Waals surface area contributed by atoms with Crippen LogP contribution >= 0.6 is 12.4 Å². The number of nitrogens with two attached hydrogens (primary N) is 1. The van der Waals surface area contributed by atoms with Crippen LogP contribution in [0.1, 0.15) is 44.7 Å². The van der Waals surface area contributed by atoms with Crippen molar-refractivity contribution in [1.82, 2.24) is 0 Å². The summed E-state index contributed by atoms with van der Waals surface area (Å²) in [5, 5.41) is 0. The van der Waals surface area contributed by atoms with Gasteiger partial charge in [-0.1, -0.05) is 25.8 Å². The van der Waals surface area contributed by atoms with Crippen molar-refractivity contribution in [3.8, 4) is 11.5 Å². The zero-order chi connectivity index (χ0) is 12.7. The molecule has 0 aliphatic carbocycles. The van der Waals surface area contributed by atoms with E-state index in [-0.39, 0.29) is 18.4 Å². The van der Waals surface area contributed by atoms with E-state index < -0.39 is 0 Å². The van der Waals surface area contributed by atoms with Gasteiger partial charge in [-0.05, 0) is 31.0 Å². The summed E-state index contributed by atoms with van der Waals surface area (Å²) in [6.07, 6.45) is 3.33. The van der Waals surface area contributed by atoms with Crippen LogP contribution in [0.5, 0.6) is 11.5 Å². The maximum atomic E-state index is 6.14. The van der Waals surface area contributed by atoms with Gasteiger partial charge in [-0.25, -0.2) is 0 Å². The average Bonchev–Trinajstić information content (AvgIpc) is 2.36. The van der Waals surface area contributed by atoms with E-state index in [0.29, 0.717) is 6.61 Å². The fraction of sp³-hybridized carbons (Fsp3) is 0.571. The molecule has 104 valence electrons. The Kier molecular flexibility index (Phi) is 8.59. The van der Waals surface area contributed by atoms with Crippen molar-refractivity contribution in [2.24, 2.45) is 5.73 Å². The molecule has 0 saturated carbocycles. The van der Waals surface area contributed by atoms with E-state index in [1.807, 2.05) is 25.1 Å². The number of hydrogen-bond acceptors (Lipinski definition) is 3. The van der Waals surface area contributed by atoms with Crippen molar-refractivity contribution in [3.05, 3.63) is 23.8 Å². The summed E-state index contributed by atoms with van der Waals surface area (Å²) in [6, 6.07) is 6.01. The maximum Gasteiger partial charge on any atom is 0.161 e. The lowest BCUT2D eigenvalue weighted by Gasteiger charge is -2.15. The highest BCUT2D eigenvalue weighted by Crippen LogP contribution is 2.30. The number of halogens is 1. The zero-order valence-corrected chi connectivity index (χ0v) is 12.3. The molecule has 0 aromatic heterocycles. The molecule has 0 aliphatic heterocycles. The van der Waals surface area contributed by atoms with E-state index in [4.69, 9.17) is 15.2 Å². The molecule has 0 saturated heterocycles. The summed E-state index contributed by atoms with van der Waals surface area (Å²) in [5.41, 5.74) is 7.25. The highest BCUT2D eigenvalue weighted by atomic mass is 35.5. The van der Waals surface area contributed by atoms with Crippen molar-refractivity contribution in [3.63, 3.8) is 0 Å². The summed E-state index contributed by atoms with van der Waals surface area (Å²) in [7, 11) is 1.65. The Hall–Kier alpha value is -0.930. The van der Waals surface area contributed by atoms with Crippen LogP contribution in [0.15, 0.2) is 18.2 Å². The minimum Gasteiger partial charge on any atom is -0.493 e. The molecule has 2 N–H and O–H groups in total. The summed E-state index contributed by atoms with van der Waals surface area (Å²) in [4.78, 5) is 0. The standard InChI is InChI=1S/C14H23NO2.ClH/c1-4-6-7-12(15)11-8-9-13(16-3)14(10-11)17-5-2;/h8-10,12H,4-7,15H2,1-3H3;1H/t12-;/m0./s1. The molecule has 0 radical (unpaired) electrons. The van der Waals surface area contributed by atoms with Crippen LogP contribution in [-0.2, 0) is 0 Å². The van der Waals surface area contributed by atoms with Crippen LogP contribution in [0, 0.1) is 0 Å². The van der Waals surface area contributed by atoms with Crippen LogP contribution in [-0.4, -0.2) is 13.7 Å². The predicted molar refractivity (Wildman–Crippen MR) is 77.9 cm³/mol. The first kappa shape index (κ1) is 17.1. The summed E-state index contributed by atoms with van der Waals surface area (Å²) in [6.45, 7) is 4.76. The number of ether oxygens (including phenoxy) is 2. The van der Waals surface area contributed by atoms with Crippen LogP contribution in [0.2, 0.25) is 0 Å². The zero-order valence-electron chi connectivity index (χ0n) is 11.4. The van der Waals surface area contributed by atoms with Gasteiger partial charge >= 0.3 is 0 Å². The largest absolute Gasteiger partial charge is 0.493 e. The second-order valence-electron chi connectivity index (χ2n) is 4.09. The van der Waals surface area contributed by atoms with Gasteiger partial charge in [0.25, 0.3) is 0 Å². The second-order valence-corrected chi connectivity index (χ2v) is 4.09. The molecule has 3 nitrogen and oxygen atoms in total. The van der Waals surface area contributed by atoms with E-state index >= 15 is 0 Å². The fourth-order valence-electron chi connectivity index (χ4n) is 1.78. The Bertz CT molecular complexity index is 345. The number of benzene rings is 1. The van der Waals surface area contributed by atoms with Gasteiger partial charge in [-0.3, -0.25) is 0 Å². The van der Waals surface area contributed by atoms with Crippen molar-refractivity contribution in [2.45, 2.75) is 39.2 Å². The first-order valence-corrected chi connectivity index (χ1v) is 6.29. The Morgan fingerprint density at radius 1 is 1.22 bits per heavy atom. The monoisotopic (exact) mass is 273 g/mol. The average molecular weight is 274 g/mol. The topological polar surface area (TPSA) is 44.5 Å². The molecule has 0 aliphatic rings. The molecular formula is C14H24ClNO2. The lowest BCUT2D eigenvalue weighted by molar-refractivity contribution is 0.310. The maximum absolute atomic E-state index is 6.14. The van der Waals surface area contributed by atoms with Crippen LogP contribution in [0.4, 0.5) is 0 Å². The van der Waals surface area contributed by atoms with Gasteiger partial charge in [-0.15, -0.1) is 12.4 Å². The number of rotatable bonds is 7. The number of hydrogen-bond donors (Lipinski definition) is 1. The SMILES string of the molecule is CCCC[C@H](N)c1ccc(OC)c(OCC)c1.Cl. The smallest absolute Gasteiger partial charge is 0.161 e. The highest BCUT2D eigenvalue weighted by molar-refractivity contribution is 5.85. The Morgan fingerprint density at radius 2 is 1.94 bits per heavy atom. The van der Waals surface area contributed by atoms with Crippen molar-refractivity contribution in [1.29, 1.82) is 0 Å². The molecule has 1 atom stereocenters. The molecule has 0 heterocycles. The third-order valence-electron chi connectivity index (χ3n) is 2.78. The van der Waals surface area contributed by atoms with Crippen molar-refractivity contribution >= 4 is 12.4 Å². The van der Waals surface area contributed by atoms with E-state index in [0.717, 1.165) is 29.9 Å². The van der Waals surface area contributed by atoms with Gasteiger partial charge in [0.05, 0.1) is 13.7 Å². The van der Waals surface area contributed by atoms with Gasteiger partial charge < -0.3 is 15.2 Å². The highest BCUT2D eigenvalue weighted by Gasteiger charge is 2.10. The first-order valence-electron chi connectivity index (χ1n) is 6.29. The first-order chi connectivity index (χ1) is 8.22. The summed E-state index contributed by atoms with van der Waals surface area (Å²) >= 11 is 0. The Labute approximate surface area is 116 Å². The third kappa shape index (κ3) is 4.75. The molecule has 0 unspecified atom stereocenters. The fourth-order valence-corrected chi connectivity index (χ4v) is 1.78. The van der Waals surface area contributed by atoms with E-state index in [1.165, 1.54) is 6.42 Å². The second kappa shape index (κ2) is 9.06. The van der Waals surface area contributed by atoms with E-state index in [9.17, 15) is 0 Å². The van der Waals surface area contributed by atoms with Gasteiger partial charge in [0.15, 0.2) is 11.5 Å². The quantitative estimate of drug-likeness (QED) is 0.824. The normalized spacial score (nSPS) is 11.6. The van der Waals surface area contributed by atoms with E-state index in [2.05, 4.69) is 6.92 Å². The molecule has 1 rings (SSSR count). The molecule has 0 bridgehead atoms. The van der Waals surface area contributed by atoms with Crippen LogP contribution in [0.3, 0.4) is 0 Å². The minimum absolute atomic E-state index is 0. The Morgan fingerprint density at radius 3 is 2.50 bits per heavy atom. The Balaban J connectivity index is 0.00000289. The summed E-state index contributed by atoms with van der Waals surface area (Å²) < 4.78 is 10.8. The number of methoxy groups -OCH3 is 1. The molecule has 0 spiro atoms. The summed E-state index contributed by atoms with van der Waals surface area (Å²) in [5.74, 6) is 1.54. The van der Waals surface area contributed by atoms with Gasteiger partial charge in [-0.2, -0.15) is 0 Å². The lowest BCUT2D eigenvalue weighted by Crippen LogP contribution is -2.10. The van der Waals surface area contributed by atoms with Crippen LogP contribution in [0.25, 0.3) is 0 Å². The van der Waals surface area contributed by atoms with Gasteiger partial charge in [0, 0.05) is 6.04 Å². The molecule has 0 amide bonds. The third-order valence-corrected chi connectivity index (χ3v) is 2.78. The number of unbranched alkanes of at least 4 members (excludes halogenated alkanes) is 1. The van der Waals surface area contributed by atoms with Gasteiger partial charge in [0.1, 0.15) is 0 Å². The van der Waals surface area contributed by atoms with Gasteiger partial charge in [0.2, 0.25) is 0 Å².